The minimum absolute atomic E-state index is 0.245. The summed E-state index contributed by atoms with van der Waals surface area (Å²) < 4.78 is 1.93. The smallest absolute Gasteiger partial charge is 0.318 e. The molecule has 0 aliphatic carbocycles. The van der Waals surface area contributed by atoms with Gasteiger partial charge in [-0.15, -0.1) is 0 Å². The number of likely N-dealkylation sites (tertiary alicyclic amines) is 1. The van der Waals surface area contributed by atoms with E-state index < -0.39 is 6.04 Å². The Morgan fingerprint density at radius 3 is 2.65 bits per heavy atom. The van der Waals surface area contributed by atoms with Crippen LogP contribution in [0.3, 0.4) is 0 Å². The summed E-state index contributed by atoms with van der Waals surface area (Å²) in [4.78, 5) is 32.7. The van der Waals surface area contributed by atoms with Crippen molar-refractivity contribution in [1.29, 1.82) is 0 Å². The number of oxime groups is 1. The third-order valence-electron chi connectivity index (χ3n) is 5.15. The highest BCUT2D eigenvalue weighted by Crippen LogP contribution is 2.23. The number of nitrogens with zero attached hydrogens (tertiary/aromatic N) is 3. The molecule has 8 nitrogen and oxygen atoms in total. The van der Waals surface area contributed by atoms with Gasteiger partial charge in [-0.1, -0.05) is 37.1 Å². The third-order valence-corrected chi connectivity index (χ3v) is 5.15. The van der Waals surface area contributed by atoms with E-state index in [4.69, 9.17) is 4.84 Å². The first-order chi connectivity index (χ1) is 15.1. The molecule has 1 aliphatic heterocycles. The number of nitrogens with one attached hydrogen (secondary N) is 2. The fraction of sp³-hybridized carbons (Fsp3) is 0.435. The van der Waals surface area contributed by atoms with Crippen LogP contribution in [0, 0.1) is 0 Å². The zero-order chi connectivity index (χ0) is 22.1. The molecule has 3 rings (SSSR count). The lowest BCUT2D eigenvalue weighted by molar-refractivity contribution is -0.119. The maximum Gasteiger partial charge on any atom is 0.318 e. The first-order valence-corrected chi connectivity index (χ1v) is 10.9. The minimum Gasteiger partial charge on any atom is -0.396 e. The molecular formula is C23H31N5O3. The molecule has 2 N–H and O–H groups in total. The predicted octanol–water partition coefficient (Wildman–Crippen LogP) is 3.78. The maximum absolute atomic E-state index is 13.2. The second kappa shape index (κ2) is 11.2. The third kappa shape index (κ3) is 5.87. The van der Waals surface area contributed by atoms with Gasteiger partial charge in [0, 0.05) is 25.4 Å². The van der Waals surface area contributed by atoms with E-state index in [9.17, 15) is 9.59 Å². The number of hydrogen-bond donors (Lipinski definition) is 2. The molecular weight excluding hydrogens is 394 g/mol. The van der Waals surface area contributed by atoms with Gasteiger partial charge in [-0.25, -0.2) is 4.79 Å². The molecule has 0 spiro atoms. The SMILES string of the molecule is CCCCCNC(=O)N1CC(=NOCC)C[C@H]1C(=O)Nc1ccccc1-n1cccc1. The monoisotopic (exact) mass is 425 g/mol. The molecule has 1 aliphatic rings. The Morgan fingerprint density at radius 2 is 1.90 bits per heavy atom. The van der Waals surface area contributed by atoms with Crippen LogP contribution in [0.4, 0.5) is 10.5 Å². The van der Waals surface area contributed by atoms with Crippen LogP contribution in [-0.4, -0.2) is 52.9 Å². The van der Waals surface area contributed by atoms with Crippen molar-refractivity contribution in [3.63, 3.8) is 0 Å². The van der Waals surface area contributed by atoms with Crippen LogP contribution in [0.15, 0.2) is 53.9 Å². The molecule has 0 bridgehead atoms. The molecule has 1 aromatic heterocycles. The van der Waals surface area contributed by atoms with E-state index in [-0.39, 0.29) is 18.5 Å². The number of carbonyl (C=O) groups is 2. The molecule has 2 heterocycles. The van der Waals surface area contributed by atoms with Crippen LogP contribution < -0.4 is 10.6 Å². The van der Waals surface area contributed by atoms with Crippen LogP contribution in [0.2, 0.25) is 0 Å². The number of anilines is 1. The Kier molecular flexibility index (Phi) is 8.09. The lowest BCUT2D eigenvalue weighted by atomic mass is 10.1. The summed E-state index contributed by atoms with van der Waals surface area (Å²) in [7, 11) is 0. The molecule has 0 saturated carbocycles. The molecule has 8 heteroatoms. The fourth-order valence-corrected chi connectivity index (χ4v) is 3.56. The highest BCUT2D eigenvalue weighted by Gasteiger charge is 2.38. The molecule has 0 radical (unpaired) electrons. The van der Waals surface area contributed by atoms with Crippen LogP contribution in [-0.2, 0) is 9.63 Å². The average molecular weight is 426 g/mol. The lowest BCUT2D eigenvalue weighted by Gasteiger charge is -2.24. The fourth-order valence-electron chi connectivity index (χ4n) is 3.56. The number of carbonyl (C=O) groups excluding carboxylic acids is 2. The molecule has 1 saturated heterocycles. The van der Waals surface area contributed by atoms with E-state index in [1.807, 2.05) is 60.3 Å². The molecule has 31 heavy (non-hydrogen) atoms. The number of benzene rings is 1. The van der Waals surface area contributed by atoms with Crippen LogP contribution in [0.1, 0.15) is 39.5 Å². The number of para-hydroxylation sites is 2. The van der Waals surface area contributed by atoms with Gasteiger partial charge >= 0.3 is 6.03 Å². The summed E-state index contributed by atoms with van der Waals surface area (Å²) in [6.45, 7) is 5.26. The van der Waals surface area contributed by atoms with Crippen molar-refractivity contribution in [3.05, 3.63) is 48.8 Å². The number of amides is 3. The van der Waals surface area contributed by atoms with E-state index in [1.165, 1.54) is 4.90 Å². The molecule has 1 aromatic carbocycles. The Balaban J connectivity index is 1.74. The summed E-state index contributed by atoms with van der Waals surface area (Å²) in [5, 5.41) is 10.0. The number of aromatic nitrogens is 1. The molecule has 0 unspecified atom stereocenters. The van der Waals surface area contributed by atoms with E-state index in [1.54, 1.807) is 0 Å². The second-order valence-corrected chi connectivity index (χ2v) is 7.46. The van der Waals surface area contributed by atoms with Crippen molar-refractivity contribution in [3.8, 4) is 5.69 Å². The van der Waals surface area contributed by atoms with Crippen LogP contribution in [0.25, 0.3) is 5.69 Å². The standard InChI is InChI=1S/C23H31N5O3/c1-3-5-8-13-24-23(30)28-17-18(26-31-4-2)16-21(28)22(29)25-19-11-6-7-12-20(19)27-14-9-10-15-27/h6-7,9-12,14-15,21H,3-5,8,13,16-17H2,1-2H3,(H,24,30)(H,25,29)/t21-/m0/s1. The van der Waals surface area contributed by atoms with Crippen molar-refractivity contribution >= 4 is 23.3 Å². The largest absolute Gasteiger partial charge is 0.396 e. The van der Waals surface area contributed by atoms with Crippen LogP contribution in [0.5, 0.6) is 0 Å². The van der Waals surface area contributed by atoms with Crippen molar-refractivity contribution in [2.75, 3.05) is 25.0 Å². The van der Waals surface area contributed by atoms with Crippen molar-refractivity contribution in [1.82, 2.24) is 14.8 Å². The molecule has 1 fully saturated rings. The van der Waals surface area contributed by atoms with Crippen molar-refractivity contribution in [2.45, 2.75) is 45.6 Å². The normalized spacial score (nSPS) is 17.0. The Labute approximate surface area is 183 Å². The highest BCUT2D eigenvalue weighted by molar-refractivity contribution is 6.05. The Hall–Kier alpha value is -3.29. The first-order valence-electron chi connectivity index (χ1n) is 10.9. The number of urea groups is 1. The zero-order valence-corrected chi connectivity index (χ0v) is 18.2. The van der Waals surface area contributed by atoms with E-state index in [0.29, 0.717) is 31.0 Å². The van der Waals surface area contributed by atoms with Crippen molar-refractivity contribution in [2.24, 2.45) is 5.16 Å². The minimum atomic E-state index is -0.650. The van der Waals surface area contributed by atoms with Gasteiger partial charge in [0.15, 0.2) is 0 Å². The summed E-state index contributed by atoms with van der Waals surface area (Å²) in [5.74, 6) is -0.245. The summed E-state index contributed by atoms with van der Waals surface area (Å²) in [6, 6.07) is 10.5. The van der Waals surface area contributed by atoms with E-state index in [0.717, 1.165) is 24.9 Å². The van der Waals surface area contributed by atoms with Gasteiger partial charge in [-0.3, -0.25) is 4.79 Å². The highest BCUT2D eigenvalue weighted by atomic mass is 16.6. The van der Waals surface area contributed by atoms with Gasteiger partial charge in [0.25, 0.3) is 0 Å². The summed E-state index contributed by atoms with van der Waals surface area (Å²) in [5.41, 5.74) is 2.23. The van der Waals surface area contributed by atoms with E-state index in [2.05, 4.69) is 22.7 Å². The van der Waals surface area contributed by atoms with Crippen LogP contribution >= 0.6 is 0 Å². The summed E-state index contributed by atoms with van der Waals surface area (Å²) >= 11 is 0. The first kappa shape index (κ1) is 22.4. The molecule has 1 atom stereocenters. The quantitative estimate of drug-likeness (QED) is 0.473. The van der Waals surface area contributed by atoms with Gasteiger partial charge in [0.1, 0.15) is 12.6 Å². The van der Waals surface area contributed by atoms with Gasteiger partial charge in [-0.05, 0) is 37.6 Å². The second-order valence-electron chi connectivity index (χ2n) is 7.46. The lowest BCUT2D eigenvalue weighted by Crippen LogP contribution is -2.48. The maximum atomic E-state index is 13.2. The summed E-state index contributed by atoms with van der Waals surface area (Å²) in [6.07, 6.45) is 7.23. The Bertz CT molecular complexity index is 894. The van der Waals surface area contributed by atoms with E-state index >= 15 is 0 Å². The number of unbranched alkanes of at least 4 members (excludes halogenated alkanes) is 2. The molecule has 2 aromatic rings. The van der Waals surface area contributed by atoms with Gasteiger partial charge in [0.05, 0.1) is 23.6 Å². The van der Waals surface area contributed by atoms with Gasteiger partial charge < -0.3 is 24.9 Å². The topological polar surface area (TPSA) is 88.0 Å². The average Bonchev–Trinajstić information content (AvgIpc) is 3.46. The number of hydrogen-bond acceptors (Lipinski definition) is 4. The Morgan fingerprint density at radius 1 is 1.13 bits per heavy atom. The predicted molar refractivity (Wildman–Crippen MR) is 121 cm³/mol. The molecule has 3 amide bonds. The molecule has 166 valence electrons. The zero-order valence-electron chi connectivity index (χ0n) is 18.2. The van der Waals surface area contributed by atoms with Crippen molar-refractivity contribution < 1.29 is 14.4 Å². The van der Waals surface area contributed by atoms with Gasteiger partial charge in [-0.2, -0.15) is 0 Å². The number of rotatable bonds is 9. The van der Waals surface area contributed by atoms with Gasteiger partial charge in [0.2, 0.25) is 5.91 Å².